The number of carbonyl (C=O) groups is 2. The fourth-order valence-electron chi connectivity index (χ4n) is 4.87. The predicted molar refractivity (Wildman–Crippen MR) is 132 cm³/mol. The predicted octanol–water partition coefficient (Wildman–Crippen LogP) is 4.84. The van der Waals surface area contributed by atoms with E-state index in [0.29, 0.717) is 36.0 Å². The number of amides is 1. The van der Waals surface area contributed by atoms with E-state index in [1.807, 2.05) is 24.0 Å². The normalized spacial score (nSPS) is 20.8. The number of nitrogens with zero attached hydrogens (tertiary/aromatic N) is 3. The molecule has 2 fully saturated rings. The molecule has 178 valence electrons. The van der Waals surface area contributed by atoms with E-state index in [9.17, 15) is 9.59 Å². The van der Waals surface area contributed by atoms with Gasteiger partial charge in [-0.3, -0.25) is 14.5 Å². The highest BCUT2D eigenvalue weighted by Gasteiger charge is 2.34. The average molecular weight is 480 g/mol. The first-order chi connectivity index (χ1) is 16.4. The maximum Gasteiger partial charge on any atom is 0.252 e. The van der Waals surface area contributed by atoms with Crippen molar-refractivity contribution in [3.63, 3.8) is 0 Å². The van der Waals surface area contributed by atoms with Crippen molar-refractivity contribution in [1.29, 1.82) is 0 Å². The second kappa shape index (κ2) is 10.7. The number of benzene rings is 2. The molecule has 7 heteroatoms. The Hall–Kier alpha value is -2.72. The Morgan fingerprint density at radius 1 is 1.21 bits per heavy atom. The van der Waals surface area contributed by atoms with Gasteiger partial charge in [0.15, 0.2) is 11.5 Å². The largest absolute Gasteiger partial charge is 0.368 e. The molecule has 2 aliphatic rings. The lowest BCUT2D eigenvalue weighted by Gasteiger charge is -2.41. The minimum Gasteiger partial charge on any atom is -0.368 e. The summed E-state index contributed by atoms with van der Waals surface area (Å²) in [7, 11) is 0. The Bertz CT molecular complexity index is 1120. The van der Waals surface area contributed by atoms with Gasteiger partial charge in [0.1, 0.15) is 6.10 Å². The van der Waals surface area contributed by atoms with Crippen LogP contribution in [-0.4, -0.2) is 59.9 Å². The van der Waals surface area contributed by atoms with Gasteiger partial charge < -0.3 is 9.64 Å². The van der Waals surface area contributed by atoms with Gasteiger partial charge in [0.2, 0.25) is 0 Å². The van der Waals surface area contributed by atoms with Gasteiger partial charge in [-0.1, -0.05) is 29.8 Å². The minimum absolute atomic E-state index is 0.0308. The van der Waals surface area contributed by atoms with Crippen LogP contribution in [0.3, 0.4) is 0 Å². The van der Waals surface area contributed by atoms with Gasteiger partial charge in [0.25, 0.3) is 5.91 Å². The van der Waals surface area contributed by atoms with Gasteiger partial charge in [-0.25, -0.2) is 4.85 Å². The van der Waals surface area contributed by atoms with Crippen molar-refractivity contribution in [3.8, 4) is 0 Å². The van der Waals surface area contributed by atoms with Crippen LogP contribution in [0.15, 0.2) is 36.4 Å². The number of rotatable bonds is 6. The first-order valence-corrected chi connectivity index (χ1v) is 12.2. The molecule has 0 bridgehead atoms. The number of Topliss-reactive ketones (excluding diaryl/α,β-unsaturated/α-hetero) is 1. The zero-order valence-electron chi connectivity index (χ0n) is 19.7. The molecular weight excluding hydrogens is 450 g/mol. The van der Waals surface area contributed by atoms with Crippen molar-refractivity contribution in [2.75, 3.05) is 26.2 Å². The Morgan fingerprint density at radius 3 is 2.71 bits per heavy atom. The lowest BCUT2D eigenvalue weighted by Crippen LogP contribution is -2.55. The number of carbonyl (C=O) groups excluding carboxylic acids is 2. The molecule has 2 heterocycles. The number of ether oxygens (including phenoxy) is 1. The first kappa shape index (κ1) is 24.4. The maximum atomic E-state index is 12.9. The van der Waals surface area contributed by atoms with Crippen molar-refractivity contribution in [2.24, 2.45) is 0 Å². The second-order valence-electron chi connectivity index (χ2n) is 9.23. The van der Waals surface area contributed by atoms with Crippen LogP contribution in [-0.2, 0) is 22.5 Å². The fraction of sp³-hybridized carbons (Fsp3) is 0.444. The summed E-state index contributed by atoms with van der Waals surface area (Å²) in [5, 5.41) is 0.610. The van der Waals surface area contributed by atoms with Crippen molar-refractivity contribution in [3.05, 3.63) is 75.1 Å². The van der Waals surface area contributed by atoms with Gasteiger partial charge in [-0.05, 0) is 61.6 Å². The Morgan fingerprint density at radius 2 is 2.00 bits per heavy atom. The fourth-order valence-corrected chi connectivity index (χ4v) is 5.13. The van der Waals surface area contributed by atoms with Crippen LogP contribution in [0.4, 0.5) is 5.69 Å². The van der Waals surface area contributed by atoms with E-state index in [4.69, 9.17) is 22.9 Å². The van der Waals surface area contributed by atoms with Gasteiger partial charge in [0, 0.05) is 55.8 Å². The van der Waals surface area contributed by atoms with Crippen LogP contribution in [0, 0.1) is 13.5 Å². The molecule has 2 aliphatic heterocycles. The van der Waals surface area contributed by atoms with Crippen LogP contribution in [0.5, 0.6) is 0 Å². The Labute approximate surface area is 206 Å². The van der Waals surface area contributed by atoms with Gasteiger partial charge >= 0.3 is 0 Å². The Balaban J connectivity index is 1.43. The minimum atomic E-state index is -0.278. The molecule has 2 aromatic carbocycles. The molecule has 0 N–H and O–H groups in total. The molecule has 0 unspecified atom stereocenters. The molecule has 1 amide bonds. The quantitative estimate of drug-likeness (QED) is 0.439. The molecule has 6 nitrogen and oxygen atoms in total. The summed E-state index contributed by atoms with van der Waals surface area (Å²) >= 11 is 6.45. The smallest absolute Gasteiger partial charge is 0.252 e. The van der Waals surface area contributed by atoms with E-state index in [1.54, 1.807) is 24.3 Å². The van der Waals surface area contributed by atoms with Gasteiger partial charge in [0.05, 0.1) is 6.57 Å². The third-order valence-electron chi connectivity index (χ3n) is 6.83. The highest BCUT2D eigenvalue weighted by molar-refractivity contribution is 6.30. The van der Waals surface area contributed by atoms with Crippen LogP contribution in [0.2, 0.25) is 5.02 Å². The molecule has 0 aliphatic carbocycles. The summed E-state index contributed by atoms with van der Waals surface area (Å²) in [4.78, 5) is 33.4. The van der Waals surface area contributed by atoms with Crippen molar-refractivity contribution < 1.29 is 14.3 Å². The van der Waals surface area contributed by atoms with E-state index in [0.717, 1.165) is 42.6 Å². The first-order valence-electron chi connectivity index (χ1n) is 11.8. The number of hydrogen-bond donors (Lipinski definition) is 0. The van der Waals surface area contributed by atoms with Crippen LogP contribution in [0.25, 0.3) is 4.85 Å². The lowest BCUT2D eigenvalue weighted by atomic mass is 9.95. The van der Waals surface area contributed by atoms with Crippen molar-refractivity contribution in [2.45, 2.75) is 51.8 Å². The number of piperazine rings is 1. The number of halogens is 1. The average Bonchev–Trinajstić information content (AvgIpc) is 3.37. The molecular formula is C27H30ClN3O3. The SMILES string of the molecule is [C-]#[N+]c1cccc(C(=O)Cc2cc(Cl)cc(CN3CCN(C(=O)[C@@H]4CCCO4)[C@@H](C)C3)c2C)c1. The molecule has 0 saturated carbocycles. The number of hydrogen-bond acceptors (Lipinski definition) is 4. The highest BCUT2D eigenvalue weighted by Crippen LogP contribution is 2.26. The van der Waals surface area contributed by atoms with Crippen LogP contribution < -0.4 is 0 Å². The topological polar surface area (TPSA) is 54.2 Å². The summed E-state index contributed by atoms with van der Waals surface area (Å²) in [6, 6.07) is 10.8. The molecule has 0 radical (unpaired) electrons. The zero-order chi connectivity index (χ0) is 24.2. The summed E-state index contributed by atoms with van der Waals surface area (Å²) in [5.74, 6) is 0.0865. The van der Waals surface area contributed by atoms with E-state index in [1.165, 1.54) is 0 Å². The zero-order valence-corrected chi connectivity index (χ0v) is 20.5. The molecule has 4 rings (SSSR count). The number of ketones is 1. The standard InChI is InChI=1S/C27H30ClN3O3/c1-18-16-30(9-10-31(18)27(33)26-8-5-11-34-26)17-22-13-23(28)12-21(19(22)2)15-25(32)20-6-4-7-24(14-20)29-3/h4,6-7,12-14,18,26H,5,8-11,15-17H2,1-2H3/t18-,26-/m0/s1. The maximum absolute atomic E-state index is 12.9. The van der Waals surface area contributed by atoms with E-state index < -0.39 is 0 Å². The van der Waals surface area contributed by atoms with Crippen molar-refractivity contribution >= 4 is 29.0 Å². The van der Waals surface area contributed by atoms with E-state index in [-0.39, 0.29) is 30.3 Å². The van der Waals surface area contributed by atoms with Gasteiger partial charge in [-0.15, -0.1) is 0 Å². The highest BCUT2D eigenvalue weighted by atomic mass is 35.5. The molecule has 2 atom stereocenters. The second-order valence-corrected chi connectivity index (χ2v) is 9.66. The van der Waals surface area contributed by atoms with Crippen molar-refractivity contribution in [1.82, 2.24) is 9.80 Å². The summed E-state index contributed by atoms with van der Waals surface area (Å²) < 4.78 is 5.60. The molecule has 0 spiro atoms. The summed E-state index contributed by atoms with van der Waals surface area (Å²) in [6.07, 6.45) is 1.73. The molecule has 2 saturated heterocycles. The molecule has 2 aromatic rings. The van der Waals surface area contributed by atoms with E-state index in [2.05, 4.69) is 16.7 Å². The molecule has 0 aromatic heterocycles. The monoisotopic (exact) mass is 479 g/mol. The van der Waals surface area contributed by atoms with Gasteiger partial charge in [-0.2, -0.15) is 0 Å². The summed E-state index contributed by atoms with van der Waals surface area (Å²) in [6.45, 7) is 14.9. The van der Waals surface area contributed by atoms with Crippen LogP contribution in [0.1, 0.15) is 46.8 Å². The third-order valence-corrected chi connectivity index (χ3v) is 7.05. The lowest BCUT2D eigenvalue weighted by molar-refractivity contribution is -0.145. The molecule has 34 heavy (non-hydrogen) atoms. The summed E-state index contributed by atoms with van der Waals surface area (Å²) in [5.41, 5.74) is 4.05. The Kier molecular flexibility index (Phi) is 7.67. The van der Waals surface area contributed by atoms with E-state index >= 15 is 0 Å². The van der Waals surface area contributed by atoms with Crippen LogP contribution >= 0.6 is 11.6 Å². The third kappa shape index (κ3) is 5.50.